The van der Waals surface area contributed by atoms with Crippen LogP contribution < -0.4 is 0 Å². The van der Waals surface area contributed by atoms with Gasteiger partial charge in [0.25, 0.3) is 0 Å². The SMILES string of the molecule is CCCCCCC(CCCCCCC(CCCCCC)C(=O)O)C(=O)O.OCC(O)CO.OCC(O)CO. The summed E-state index contributed by atoms with van der Waals surface area (Å²) in [5, 5.41) is 66.7. The molecular weight excluding hydrogens is 496 g/mol. The molecule has 0 aliphatic heterocycles. The average Bonchev–Trinajstić information content (AvgIpc) is 2.92. The zero-order valence-electron chi connectivity index (χ0n) is 23.8. The largest absolute Gasteiger partial charge is 0.481 e. The van der Waals surface area contributed by atoms with Gasteiger partial charge in [-0.05, 0) is 25.7 Å². The van der Waals surface area contributed by atoms with Crippen molar-refractivity contribution < 1.29 is 50.4 Å². The van der Waals surface area contributed by atoms with Crippen LogP contribution in [-0.2, 0) is 9.59 Å². The smallest absolute Gasteiger partial charge is 0.306 e. The lowest BCUT2D eigenvalue weighted by Gasteiger charge is -2.13. The number of aliphatic hydroxyl groups is 6. The standard InChI is InChI=1S/C22H42O4.2C3H8O3/c1-3-5-7-11-15-19(21(23)24)17-13-9-10-14-18-20(22(25)26)16-12-8-6-4-2;2*4-1-3(6)2-5/h19-20H,3-18H2,1-2H3,(H,23,24)(H,25,26);2*3-6H,1-2H2. The molecular formula is C28H58O10. The van der Waals surface area contributed by atoms with Crippen molar-refractivity contribution in [2.75, 3.05) is 26.4 Å². The molecule has 0 heterocycles. The second-order valence-electron chi connectivity index (χ2n) is 9.80. The summed E-state index contributed by atoms with van der Waals surface area (Å²) in [5.74, 6) is -1.70. The van der Waals surface area contributed by atoms with Crippen LogP contribution in [0.15, 0.2) is 0 Å². The molecule has 0 rings (SSSR count). The molecule has 0 aliphatic rings. The van der Waals surface area contributed by atoms with Crippen molar-refractivity contribution in [1.82, 2.24) is 0 Å². The highest BCUT2D eigenvalue weighted by Gasteiger charge is 2.18. The van der Waals surface area contributed by atoms with Gasteiger partial charge in [0, 0.05) is 0 Å². The molecule has 2 atom stereocenters. The van der Waals surface area contributed by atoms with Gasteiger partial charge in [0.1, 0.15) is 12.2 Å². The molecule has 8 N–H and O–H groups in total. The van der Waals surface area contributed by atoms with Gasteiger partial charge in [-0.25, -0.2) is 0 Å². The molecule has 10 nitrogen and oxygen atoms in total. The molecule has 0 amide bonds. The second kappa shape index (κ2) is 31.9. The number of aliphatic carboxylic acids is 2. The number of hydrogen-bond acceptors (Lipinski definition) is 8. The third kappa shape index (κ3) is 30.9. The molecule has 0 aliphatic carbocycles. The van der Waals surface area contributed by atoms with Crippen LogP contribution in [0.3, 0.4) is 0 Å². The summed E-state index contributed by atoms with van der Waals surface area (Å²) in [6.45, 7) is 2.86. The zero-order chi connectivity index (χ0) is 29.6. The van der Waals surface area contributed by atoms with Crippen LogP contribution in [-0.4, -0.2) is 91.4 Å². The molecule has 0 radical (unpaired) electrons. The van der Waals surface area contributed by atoms with Crippen molar-refractivity contribution in [3.63, 3.8) is 0 Å². The van der Waals surface area contributed by atoms with Crippen LogP contribution in [0.4, 0.5) is 0 Å². The summed E-state index contributed by atoms with van der Waals surface area (Å²) >= 11 is 0. The normalized spacial score (nSPS) is 12.4. The Morgan fingerprint density at radius 2 is 0.711 bits per heavy atom. The Morgan fingerprint density at radius 1 is 0.474 bits per heavy atom. The summed E-state index contributed by atoms with van der Waals surface area (Å²) in [5.41, 5.74) is 0. The van der Waals surface area contributed by atoms with Gasteiger partial charge in [-0.2, -0.15) is 0 Å². The van der Waals surface area contributed by atoms with Crippen molar-refractivity contribution in [2.45, 2.75) is 129 Å². The Labute approximate surface area is 229 Å². The third-order valence-corrected chi connectivity index (χ3v) is 6.21. The number of carbonyl (C=O) groups is 2. The number of unbranched alkanes of at least 4 members (excludes halogenated alkanes) is 9. The number of carboxylic acids is 2. The van der Waals surface area contributed by atoms with Crippen molar-refractivity contribution in [2.24, 2.45) is 11.8 Å². The fourth-order valence-corrected chi connectivity index (χ4v) is 3.67. The number of aliphatic hydroxyl groups excluding tert-OH is 6. The van der Waals surface area contributed by atoms with Crippen molar-refractivity contribution in [1.29, 1.82) is 0 Å². The molecule has 0 saturated carbocycles. The number of rotatable bonds is 23. The first kappa shape index (κ1) is 41.2. The minimum Gasteiger partial charge on any atom is -0.481 e. The van der Waals surface area contributed by atoms with E-state index in [0.29, 0.717) is 0 Å². The summed E-state index contributed by atoms with van der Waals surface area (Å²) in [4.78, 5) is 22.7. The van der Waals surface area contributed by atoms with Crippen LogP contribution in [0.25, 0.3) is 0 Å². The Hall–Kier alpha value is -1.30. The molecule has 0 aromatic heterocycles. The van der Waals surface area contributed by atoms with E-state index < -0.39 is 24.1 Å². The lowest BCUT2D eigenvalue weighted by molar-refractivity contribution is -0.143. The Morgan fingerprint density at radius 3 is 0.868 bits per heavy atom. The highest BCUT2D eigenvalue weighted by molar-refractivity contribution is 5.70. The highest BCUT2D eigenvalue weighted by Crippen LogP contribution is 2.21. The Bertz CT molecular complexity index is 452. The van der Waals surface area contributed by atoms with Gasteiger partial charge >= 0.3 is 11.9 Å². The van der Waals surface area contributed by atoms with E-state index in [0.717, 1.165) is 77.0 Å². The van der Waals surface area contributed by atoms with E-state index in [9.17, 15) is 19.8 Å². The maximum atomic E-state index is 11.3. The fraction of sp³-hybridized carbons (Fsp3) is 0.929. The van der Waals surface area contributed by atoms with Crippen LogP contribution in [0.2, 0.25) is 0 Å². The van der Waals surface area contributed by atoms with Gasteiger partial charge in [-0.3, -0.25) is 9.59 Å². The van der Waals surface area contributed by atoms with Gasteiger partial charge in [0.2, 0.25) is 0 Å². The summed E-state index contributed by atoms with van der Waals surface area (Å²) in [6.07, 6.45) is 14.2. The van der Waals surface area contributed by atoms with E-state index in [1.54, 1.807) is 0 Å². The molecule has 38 heavy (non-hydrogen) atoms. The van der Waals surface area contributed by atoms with Crippen LogP contribution in [0, 0.1) is 11.8 Å². The van der Waals surface area contributed by atoms with Gasteiger partial charge in [0.05, 0.1) is 38.3 Å². The molecule has 0 saturated heterocycles. The van der Waals surface area contributed by atoms with E-state index in [-0.39, 0.29) is 38.3 Å². The van der Waals surface area contributed by atoms with Crippen LogP contribution >= 0.6 is 0 Å². The van der Waals surface area contributed by atoms with E-state index in [1.165, 1.54) is 25.7 Å². The van der Waals surface area contributed by atoms with Crippen molar-refractivity contribution >= 4 is 11.9 Å². The van der Waals surface area contributed by atoms with Gasteiger partial charge in [-0.1, -0.05) is 90.9 Å². The molecule has 10 heteroatoms. The van der Waals surface area contributed by atoms with Gasteiger partial charge in [-0.15, -0.1) is 0 Å². The molecule has 0 aromatic carbocycles. The Kier molecular flexibility index (Phi) is 34.6. The maximum Gasteiger partial charge on any atom is 0.306 e. The Balaban J connectivity index is -0.000000839. The van der Waals surface area contributed by atoms with Gasteiger partial charge < -0.3 is 40.9 Å². The predicted octanol–water partition coefficient (Wildman–Crippen LogP) is 3.33. The first-order valence-electron chi connectivity index (χ1n) is 14.4. The van der Waals surface area contributed by atoms with Crippen molar-refractivity contribution in [3.8, 4) is 0 Å². The van der Waals surface area contributed by atoms with E-state index in [4.69, 9.17) is 30.6 Å². The number of carboxylic acid groups (broad SMARTS) is 2. The first-order valence-corrected chi connectivity index (χ1v) is 14.4. The molecule has 0 aromatic rings. The highest BCUT2D eigenvalue weighted by atomic mass is 16.4. The first-order chi connectivity index (χ1) is 18.1. The molecule has 230 valence electrons. The van der Waals surface area contributed by atoms with E-state index in [2.05, 4.69) is 13.8 Å². The summed E-state index contributed by atoms with van der Waals surface area (Å²) in [7, 11) is 0. The minimum absolute atomic E-state index is 0.197. The summed E-state index contributed by atoms with van der Waals surface area (Å²) in [6, 6.07) is 0. The summed E-state index contributed by atoms with van der Waals surface area (Å²) < 4.78 is 0. The van der Waals surface area contributed by atoms with Crippen LogP contribution in [0.1, 0.15) is 117 Å². The zero-order valence-corrected chi connectivity index (χ0v) is 23.8. The average molecular weight is 555 g/mol. The lowest BCUT2D eigenvalue weighted by atomic mass is 9.92. The monoisotopic (exact) mass is 554 g/mol. The predicted molar refractivity (Wildman–Crippen MR) is 148 cm³/mol. The topological polar surface area (TPSA) is 196 Å². The molecule has 0 fully saturated rings. The lowest BCUT2D eigenvalue weighted by Crippen LogP contribution is -2.15. The van der Waals surface area contributed by atoms with E-state index in [1.807, 2.05) is 0 Å². The molecule has 2 unspecified atom stereocenters. The maximum absolute atomic E-state index is 11.3. The molecule has 0 bridgehead atoms. The minimum atomic E-state index is -0.954. The fourth-order valence-electron chi connectivity index (χ4n) is 3.67. The third-order valence-electron chi connectivity index (χ3n) is 6.21. The second-order valence-corrected chi connectivity index (χ2v) is 9.80. The van der Waals surface area contributed by atoms with Crippen molar-refractivity contribution in [3.05, 3.63) is 0 Å². The van der Waals surface area contributed by atoms with Gasteiger partial charge in [0.15, 0.2) is 0 Å². The van der Waals surface area contributed by atoms with E-state index >= 15 is 0 Å². The number of hydrogen-bond donors (Lipinski definition) is 8. The quantitative estimate of drug-likeness (QED) is 0.0867. The van der Waals surface area contributed by atoms with Crippen LogP contribution in [0.5, 0.6) is 0 Å². The molecule has 0 spiro atoms.